The van der Waals surface area contributed by atoms with Gasteiger partial charge in [0, 0.05) is 30.7 Å². The van der Waals surface area contributed by atoms with Crippen LogP contribution in [0.4, 0.5) is 0 Å². The van der Waals surface area contributed by atoms with E-state index in [9.17, 15) is 5.11 Å². The zero-order chi connectivity index (χ0) is 17.6. The molecule has 0 amide bonds. The highest BCUT2D eigenvalue weighted by Crippen LogP contribution is 2.21. The summed E-state index contributed by atoms with van der Waals surface area (Å²) in [6.45, 7) is 4.00. The van der Waals surface area contributed by atoms with E-state index in [1.54, 1.807) is 6.07 Å². The first-order valence-corrected chi connectivity index (χ1v) is 9.43. The van der Waals surface area contributed by atoms with Crippen molar-refractivity contribution >= 4 is 11.6 Å². The minimum atomic E-state index is 0.333. The molecule has 1 heterocycles. The zero-order valence-corrected chi connectivity index (χ0v) is 15.6. The fraction of sp³-hybridized carbons (Fsp3) is 0.429. The van der Waals surface area contributed by atoms with Gasteiger partial charge in [0.1, 0.15) is 5.75 Å². The van der Waals surface area contributed by atoms with Gasteiger partial charge in [-0.2, -0.15) is 0 Å². The van der Waals surface area contributed by atoms with Crippen molar-refractivity contribution in [3.63, 3.8) is 0 Å². The second-order valence-corrected chi connectivity index (χ2v) is 7.51. The van der Waals surface area contributed by atoms with Crippen LogP contribution in [0.2, 0.25) is 5.02 Å². The Morgan fingerprint density at radius 3 is 2.56 bits per heavy atom. The van der Waals surface area contributed by atoms with Gasteiger partial charge in [0.25, 0.3) is 0 Å². The molecular weight excluding hydrogens is 332 g/mol. The highest BCUT2D eigenvalue weighted by Gasteiger charge is 2.21. The molecule has 4 heteroatoms. The van der Waals surface area contributed by atoms with Crippen molar-refractivity contribution < 1.29 is 5.11 Å². The summed E-state index contributed by atoms with van der Waals surface area (Å²) in [6, 6.07) is 16.4. The normalized spacial score (nSPS) is 18.1. The Bertz CT molecular complexity index is 674. The van der Waals surface area contributed by atoms with Crippen LogP contribution in [0, 0.1) is 0 Å². The molecular formula is C21H27ClN2O. The first kappa shape index (κ1) is 18.2. The number of aromatic hydroxyl groups is 1. The van der Waals surface area contributed by atoms with E-state index >= 15 is 0 Å². The van der Waals surface area contributed by atoms with E-state index in [0.29, 0.717) is 11.8 Å². The van der Waals surface area contributed by atoms with Gasteiger partial charge in [-0.05, 0) is 68.2 Å². The van der Waals surface area contributed by atoms with Gasteiger partial charge in [-0.1, -0.05) is 35.9 Å². The lowest BCUT2D eigenvalue weighted by Crippen LogP contribution is -2.31. The lowest BCUT2D eigenvalue weighted by atomic mass is 10.1. The second-order valence-electron chi connectivity index (χ2n) is 7.07. The van der Waals surface area contributed by atoms with E-state index in [0.717, 1.165) is 30.2 Å². The zero-order valence-electron chi connectivity index (χ0n) is 14.9. The third-order valence-corrected chi connectivity index (χ3v) is 5.34. The fourth-order valence-corrected chi connectivity index (χ4v) is 3.78. The first-order valence-electron chi connectivity index (χ1n) is 9.05. The summed E-state index contributed by atoms with van der Waals surface area (Å²) in [5, 5.41) is 10.5. The topological polar surface area (TPSA) is 26.7 Å². The van der Waals surface area contributed by atoms with Gasteiger partial charge in [0.2, 0.25) is 0 Å². The molecule has 134 valence electrons. The van der Waals surface area contributed by atoms with Crippen LogP contribution in [-0.2, 0) is 13.1 Å². The lowest BCUT2D eigenvalue weighted by Gasteiger charge is -2.26. The van der Waals surface area contributed by atoms with E-state index < -0.39 is 0 Å². The van der Waals surface area contributed by atoms with Crippen LogP contribution in [0.15, 0.2) is 48.5 Å². The van der Waals surface area contributed by atoms with Crippen molar-refractivity contribution in [1.29, 1.82) is 0 Å². The van der Waals surface area contributed by atoms with E-state index in [-0.39, 0.29) is 0 Å². The number of likely N-dealkylation sites (tertiary alicyclic amines) is 1. The van der Waals surface area contributed by atoms with Crippen LogP contribution in [0.25, 0.3) is 0 Å². The van der Waals surface area contributed by atoms with Crippen LogP contribution in [0.5, 0.6) is 5.75 Å². The summed E-state index contributed by atoms with van der Waals surface area (Å²) >= 11 is 6.01. The smallest absolute Gasteiger partial charge is 0.115 e. The molecule has 0 bridgehead atoms. The van der Waals surface area contributed by atoms with Crippen LogP contribution in [0.3, 0.4) is 0 Å². The van der Waals surface area contributed by atoms with Crippen LogP contribution in [-0.4, -0.2) is 41.1 Å². The number of phenols is 1. The highest BCUT2D eigenvalue weighted by molar-refractivity contribution is 6.30. The summed E-state index contributed by atoms with van der Waals surface area (Å²) in [6.07, 6.45) is 3.80. The molecule has 0 spiro atoms. The van der Waals surface area contributed by atoms with Gasteiger partial charge in [0.05, 0.1) is 0 Å². The summed E-state index contributed by atoms with van der Waals surface area (Å²) in [7, 11) is 2.23. The summed E-state index contributed by atoms with van der Waals surface area (Å²) < 4.78 is 0. The highest BCUT2D eigenvalue weighted by atomic mass is 35.5. The van der Waals surface area contributed by atoms with Crippen LogP contribution < -0.4 is 0 Å². The Morgan fingerprint density at radius 1 is 1.12 bits per heavy atom. The van der Waals surface area contributed by atoms with Crippen molar-refractivity contribution in [3.8, 4) is 5.75 Å². The van der Waals surface area contributed by atoms with E-state index in [1.165, 1.54) is 31.4 Å². The Hall–Kier alpha value is -1.55. The van der Waals surface area contributed by atoms with Gasteiger partial charge in [-0.3, -0.25) is 4.90 Å². The molecule has 1 N–H and O–H groups in total. The van der Waals surface area contributed by atoms with Crippen molar-refractivity contribution in [2.24, 2.45) is 0 Å². The van der Waals surface area contributed by atoms with Gasteiger partial charge in [-0.25, -0.2) is 0 Å². The second kappa shape index (κ2) is 8.70. The Kier molecular flexibility index (Phi) is 6.35. The van der Waals surface area contributed by atoms with Crippen LogP contribution >= 0.6 is 11.6 Å². The van der Waals surface area contributed by atoms with Crippen molar-refractivity contribution in [2.45, 2.75) is 38.4 Å². The number of hydrogen-bond donors (Lipinski definition) is 1. The van der Waals surface area contributed by atoms with Gasteiger partial charge < -0.3 is 10.0 Å². The quantitative estimate of drug-likeness (QED) is 0.787. The number of halogens is 1. The predicted molar refractivity (Wildman–Crippen MR) is 104 cm³/mol. The first-order chi connectivity index (χ1) is 12.1. The number of phenolic OH excluding ortho intramolecular Hbond substituents is 1. The average Bonchev–Trinajstić information content (AvgIpc) is 3.00. The van der Waals surface area contributed by atoms with Crippen molar-refractivity contribution in [2.75, 3.05) is 20.1 Å². The summed E-state index contributed by atoms with van der Waals surface area (Å²) in [5.74, 6) is 0.333. The maximum Gasteiger partial charge on any atom is 0.115 e. The maximum atomic E-state index is 9.74. The largest absolute Gasteiger partial charge is 0.508 e. The molecule has 0 aromatic heterocycles. The molecule has 1 atom stereocenters. The molecule has 3 nitrogen and oxygen atoms in total. The third-order valence-electron chi connectivity index (χ3n) is 5.09. The van der Waals surface area contributed by atoms with Crippen molar-refractivity contribution in [3.05, 3.63) is 64.7 Å². The van der Waals surface area contributed by atoms with Crippen molar-refractivity contribution in [1.82, 2.24) is 9.80 Å². The molecule has 1 saturated heterocycles. The molecule has 0 radical (unpaired) electrons. The molecule has 3 rings (SSSR count). The minimum absolute atomic E-state index is 0.333. The Labute approximate surface area is 155 Å². The van der Waals surface area contributed by atoms with Gasteiger partial charge >= 0.3 is 0 Å². The molecule has 2 aromatic carbocycles. The standard InChI is InChI=1S/C21H27ClN2O/c1-23-12-3-5-20(23)11-13-24(15-17-7-9-19(22)10-8-17)16-18-4-2-6-21(25)14-18/h2,4,6-10,14,20,25H,3,5,11-13,15-16H2,1H3/t20-/m0/s1. The Morgan fingerprint density at radius 2 is 1.88 bits per heavy atom. The molecule has 0 saturated carbocycles. The summed E-state index contributed by atoms with van der Waals surface area (Å²) in [5.41, 5.74) is 2.41. The molecule has 0 unspecified atom stereocenters. The monoisotopic (exact) mass is 358 g/mol. The maximum absolute atomic E-state index is 9.74. The summed E-state index contributed by atoms with van der Waals surface area (Å²) in [4.78, 5) is 4.94. The third kappa shape index (κ3) is 5.46. The number of rotatable bonds is 7. The molecule has 2 aromatic rings. The lowest BCUT2D eigenvalue weighted by molar-refractivity contribution is 0.211. The van der Waals surface area contributed by atoms with Gasteiger partial charge in [-0.15, -0.1) is 0 Å². The van der Waals surface area contributed by atoms with Crippen LogP contribution in [0.1, 0.15) is 30.4 Å². The average molecular weight is 359 g/mol. The molecule has 1 aliphatic rings. The Balaban J connectivity index is 1.66. The number of benzene rings is 2. The van der Waals surface area contributed by atoms with E-state index in [2.05, 4.69) is 35.0 Å². The van der Waals surface area contributed by atoms with E-state index in [1.807, 2.05) is 24.3 Å². The SMILES string of the molecule is CN1CCC[C@H]1CCN(Cc1ccc(Cl)cc1)Cc1cccc(O)c1. The molecule has 25 heavy (non-hydrogen) atoms. The predicted octanol–water partition coefficient (Wildman–Crippen LogP) is 4.53. The van der Waals surface area contributed by atoms with E-state index in [4.69, 9.17) is 11.6 Å². The molecule has 1 aliphatic heterocycles. The van der Waals surface area contributed by atoms with Gasteiger partial charge in [0.15, 0.2) is 0 Å². The fourth-order valence-electron chi connectivity index (χ4n) is 3.65. The molecule has 0 aliphatic carbocycles. The number of hydrogen-bond acceptors (Lipinski definition) is 3. The number of nitrogens with zero attached hydrogens (tertiary/aromatic N) is 2. The minimum Gasteiger partial charge on any atom is -0.508 e. The molecule has 1 fully saturated rings.